The van der Waals surface area contributed by atoms with Crippen LogP contribution in [0.4, 0.5) is 0 Å². The minimum absolute atomic E-state index is 0.188. The number of aliphatic hydroxyl groups excluding tert-OH is 2. The van der Waals surface area contributed by atoms with E-state index in [1.54, 1.807) is 0 Å². The number of hydrogen-bond donors (Lipinski definition) is 2. The molecule has 0 amide bonds. The largest absolute Gasteiger partial charge is 0.396 e. The summed E-state index contributed by atoms with van der Waals surface area (Å²) >= 11 is 2.12. The Bertz CT molecular complexity index is 49.7. The molecule has 0 spiro atoms. The molecule has 0 fully saturated rings. The lowest BCUT2D eigenvalue weighted by Crippen LogP contribution is -2.07. The SMILES string of the molecule is OCCCC(O)CI. The summed E-state index contributed by atoms with van der Waals surface area (Å²) in [5, 5.41) is 17.2. The molecular formula is C5H11IO2. The average molecular weight is 230 g/mol. The lowest BCUT2D eigenvalue weighted by atomic mass is 10.2. The molecular weight excluding hydrogens is 219 g/mol. The Kier molecular flexibility index (Phi) is 6.25. The molecule has 0 bridgehead atoms. The van der Waals surface area contributed by atoms with Crippen molar-refractivity contribution in [2.45, 2.75) is 18.9 Å². The van der Waals surface area contributed by atoms with Crippen molar-refractivity contribution >= 4 is 22.6 Å². The maximum absolute atomic E-state index is 8.87. The van der Waals surface area contributed by atoms with Gasteiger partial charge in [-0.15, -0.1) is 0 Å². The highest BCUT2D eigenvalue weighted by Crippen LogP contribution is 1.98. The van der Waals surface area contributed by atoms with Gasteiger partial charge in [-0.3, -0.25) is 0 Å². The van der Waals surface area contributed by atoms with Crippen LogP contribution >= 0.6 is 22.6 Å². The molecule has 0 heterocycles. The van der Waals surface area contributed by atoms with Crippen molar-refractivity contribution in [1.82, 2.24) is 0 Å². The number of halogens is 1. The van der Waals surface area contributed by atoms with Gasteiger partial charge in [0.2, 0.25) is 0 Å². The Morgan fingerprint density at radius 1 is 1.50 bits per heavy atom. The Balaban J connectivity index is 2.86. The molecule has 2 N–H and O–H groups in total. The van der Waals surface area contributed by atoms with Gasteiger partial charge in [-0.1, -0.05) is 22.6 Å². The molecule has 0 aromatic heterocycles. The average Bonchev–Trinajstić information content (AvgIpc) is 1.83. The predicted molar refractivity (Wildman–Crippen MR) is 41.2 cm³/mol. The monoisotopic (exact) mass is 230 g/mol. The molecule has 0 aliphatic carbocycles. The van der Waals surface area contributed by atoms with E-state index in [0.717, 1.165) is 10.8 Å². The van der Waals surface area contributed by atoms with E-state index in [9.17, 15) is 0 Å². The van der Waals surface area contributed by atoms with E-state index in [1.807, 2.05) is 0 Å². The quantitative estimate of drug-likeness (QED) is 0.547. The summed E-state index contributed by atoms with van der Waals surface area (Å²) in [5.74, 6) is 0. The van der Waals surface area contributed by atoms with Gasteiger partial charge in [0.15, 0.2) is 0 Å². The Morgan fingerprint density at radius 3 is 2.50 bits per heavy atom. The fourth-order valence-corrected chi connectivity index (χ4v) is 0.844. The molecule has 50 valence electrons. The van der Waals surface area contributed by atoms with Gasteiger partial charge in [0, 0.05) is 11.0 Å². The highest BCUT2D eigenvalue weighted by molar-refractivity contribution is 14.1. The third-order valence-corrected chi connectivity index (χ3v) is 1.89. The molecule has 2 nitrogen and oxygen atoms in total. The minimum Gasteiger partial charge on any atom is -0.396 e. The zero-order valence-corrected chi connectivity index (χ0v) is 6.84. The van der Waals surface area contributed by atoms with E-state index in [1.165, 1.54) is 0 Å². The van der Waals surface area contributed by atoms with Gasteiger partial charge < -0.3 is 10.2 Å². The third kappa shape index (κ3) is 4.80. The zero-order valence-electron chi connectivity index (χ0n) is 4.68. The Morgan fingerprint density at radius 2 is 2.12 bits per heavy atom. The predicted octanol–water partition coefficient (Wildman–Crippen LogP) is 0.555. The summed E-state index contributed by atoms with van der Waals surface area (Å²) in [6.45, 7) is 0.188. The van der Waals surface area contributed by atoms with Crippen molar-refractivity contribution in [3.8, 4) is 0 Å². The highest BCUT2D eigenvalue weighted by atomic mass is 127. The molecule has 8 heavy (non-hydrogen) atoms. The Labute approximate surface area is 63.0 Å². The molecule has 0 saturated carbocycles. The molecule has 0 rings (SSSR count). The molecule has 0 radical (unpaired) electrons. The van der Waals surface area contributed by atoms with Crippen LogP contribution in [0, 0.1) is 0 Å². The molecule has 0 saturated heterocycles. The minimum atomic E-state index is -0.220. The summed E-state index contributed by atoms with van der Waals surface area (Å²) in [4.78, 5) is 0. The number of alkyl halides is 1. The second-order valence-electron chi connectivity index (χ2n) is 1.67. The highest BCUT2D eigenvalue weighted by Gasteiger charge is 1.98. The van der Waals surface area contributed by atoms with Crippen LogP contribution in [0.25, 0.3) is 0 Å². The third-order valence-electron chi connectivity index (χ3n) is 0.874. The van der Waals surface area contributed by atoms with E-state index in [0.29, 0.717) is 6.42 Å². The van der Waals surface area contributed by atoms with E-state index in [2.05, 4.69) is 22.6 Å². The number of rotatable bonds is 4. The number of hydrogen-bond acceptors (Lipinski definition) is 2. The van der Waals surface area contributed by atoms with Crippen LogP contribution in [-0.2, 0) is 0 Å². The van der Waals surface area contributed by atoms with E-state index in [4.69, 9.17) is 10.2 Å². The maximum atomic E-state index is 8.87. The maximum Gasteiger partial charge on any atom is 0.0630 e. The van der Waals surface area contributed by atoms with Crippen LogP contribution in [0.3, 0.4) is 0 Å². The molecule has 0 aromatic carbocycles. The molecule has 1 unspecified atom stereocenters. The molecule has 1 atom stereocenters. The second-order valence-corrected chi connectivity index (χ2v) is 2.55. The Hall–Kier alpha value is 0.650. The first-order valence-electron chi connectivity index (χ1n) is 2.66. The summed E-state index contributed by atoms with van der Waals surface area (Å²) in [7, 11) is 0. The van der Waals surface area contributed by atoms with Crippen LogP contribution < -0.4 is 0 Å². The van der Waals surface area contributed by atoms with E-state index >= 15 is 0 Å². The lowest BCUT2D eigenvalue weighted by molar-refractivity contribution is 0.173. The van der Waals surface area contributed by atoms with Gasteiger partial charge in [0.05, 0.1) is 6.10 Å². The first kappa shape index (κ1) is 8.65. The van der Waals surface area contributed by atoms with Crippen molar-refractivity contribution < 1.29 is 10.2 Å². The summed E-state index contributed by atoms with van der Waals surface area (Å²) < 4.78 is 0.762. The van der Waals surface area contributed by atoms with Crippen molar-refractivity contribution in [1.29, 1.82) is 0 Å². The fourth-order valence-electron chi connectivity index (χ4n) is 0.404. The van der Waals surface area contributed by atoms with Crippen molar-refractivity contribution in [3.05, 3.63) is 0 Å². The topological polar surface area (TPSA) is 40.5 Å². The molecule has 0 aromatic rings. The van der Waals surface area contributed by atoms with Crippen LogP contribution in [-0.4, -0.2) is 27.4 Å². The van der Waals surface area contributed by atoms with Crippen LogP contribution in [0.5, 0.6) is 0 Å². The van der Waals surface area contributed by atoms with Gasteiger partial charge in [-0.25, -0.2) is 0 Å². The molecule has 0 aliphatic heterocycles. The van der Waals surface area contributed by atoms with Crippen molar-refractivity contribution in [2.75, 3.05) is 11.0 Å². The first-order valence-corrected chi connectivity index (χ1v) is 4.18. The van der Waals surface area contributed by atoms with E-state index < -0.39 is 0 Å². The molecule has 3 heteroatoms. The summed E-state index contributed by atoms with van der Waals surface area (Å²) in [6, 6.07) is 0. The first-order chi connectivity index (χ1) is 3.81. The van der Waals surface area contributed by atoms with Crippen LogP contribution in [0.1, 0.15) is 12.8 Å². The van der Waals surface area contributed by atoms with Crippen molar-refractivity contribution in [3.63, 3.8) is 0 Å². The summed E-state index contributed by atoms with van der Waals surface area (Å²) in [6.07, 6.45) is 1.21. The zero-order chi connectivity index (χ0) is 6.41. The summed E-state index contributed by atoms with van der Waals surface area (Å²) in [5.41, 5.74) is 0. The van der Waals surface area contributed by atoms with Gasteiger partial charge in [-0.2, -0.15) is 0 Å². The fraction of sp³-hybridized carbons (Fsp3) is 1.00. The lowest BCUT2D eigenvalue weighted by Gasteiger charge is -2.02. The van der Waals surface area contributed by atoms with Gasteiger partial charge in [0.25, 0.3) is 0 Å². The van der Waals surface area contributed by atoms with Gasteiger partial charge >= 0.3 is 0 Å². The second kappa shape index (κ2) is 5.78. The standard InChI is InChI=1S/C5H11IO2/c6-4-5(8)2-1-3-7/h5,7-8H,1-4H2. The van der Waals surface area contributed by atoms with Gasteiger partial charge in [-0.05, 0) is 12.8 Å². The van der Waals surface area contributed by atoms with Crippen LogP contribution in [0.15, 0.2) is 0 Å². The van der Waals surface area contributed by atoms with E-state index in [-0.39, 0.29) is 12.7 Å². The normalized spacial score (nSPS) is 13.9. The van der Waals surface area contributed by atoms with Crippen molar-refractivity contribution in [2.24, 2.45) is 0 Å². The molecule has 0 aliphatic rings. The smallest absolute Gasteiger partial charge is 0.0630 e. The van der Waals surface area contributed by atoms with Gasteiger partial charge in [0.1, 0.15) is 0 Å². The van der Waals surface area contributed by atoms with Crippen LogP contribution in [0.2, 0.25) is 0 Å². The number of aliphatic hydroxyl groups is 2.